The van der Waals surface area contributed by atoms with Crippen LogP contribution in [0.1, 0.15) is 53.0 Å². The minimum absolute atomic E-state index is 0.313. The zero-order valence-corrected chi connectivity index (χ0v) is 20.7. The summed E-state index contributed by atoms with van der Waals surface area (Å²) in [6.45, 7) is 6.00. The Bertz CT molecular complexity index is 1240. The van der Waals surface area contributed by atoms with Gasteiger partial charge in [-0.3, -0.25) is 9.78 Å². The average molecular weight is 481 g/mol. The quantitative estimate of drug-likeness (QED) is 0.340. The van der Waals surface area contributed by atoms with Gasteiger partial charge in [0.05, 0.1) is 16.6 Å². The number of hydrogen-bond donors (Lipinski definition) is 1. The molecule has 6 nitrogen and oxygen atoms in total. The predicted molar refractivity (Wildman–Crippen MR) is 133 cm³/mol. The summed E-state index contributed by atoms with van der Waals surface area (Å²) in [6.07, 6.45) is 8.52. The Morgan fingerprint density at radius 2 is 2.24 bits per heavy atom. The minimum atomic E-state index is 0.313. The Morgan fingerprint density at radius 1 is 1.33 bits per heavy atom. The monoisotopic (exact) mass is 480 g/mol. The molecule has 0 aliphatic carbocycles. The minimum Gasteiger partial charge on any atom is -0.361 e. The van der Waals surface area contributed by atoms with Crippen LogP contribution in [0.5, 0.6) is 0 Å². The Kier molecular flexibility index (Phi) is 6.66. The van der Waals surface area contributed by atoms with Crippen molar-refractivity contribution in [2.75, 3.05) is 6.54 Å². The number of aromatic nitrogens is 3. The van der Waals surface area contributed by atoms with Gasteiger partial charge < -0.3 is 9.84 Å². The molecule has 0 radical (unpaired) electrons. The second-order valence-electron chi connectivity index (χ2n) is 8.94. The van der Waals surface area contributed by atoms with E-state index >= 15 is 0 Å². The summed E-state index contributed by atoms with van der Waals surface area (Å²) in [5, 5.41) is 8.45. The van der Waals surface area contributed by atoms with Crippen LogP contribution >= 0.6 is 22.7 Å². The molecule has 0 amide bonds. The number of carbonyl (C=O) groups is 1. The normalized spacial score (nSPS) is 14.5. The van der Waals surface area contributed by atoms with Gasteiger partial charge in [-0.2, -0.15) is 0 Å². The zero-order valence-electron chi connectivity index (χ0n) is 19.0. The zero-order chi connectivity index (χ0) is 22.8. The van der Waals surface area contributed by atoms with Gasteiger partial charge in [-0.1, -0.05) is 12.1 Å². The van der Waals surface area contributed by atoms with Crippen molar-refractivity contribution in [3.63, 3.8) is 0 Å². The van der Waals surface area contributed by atoms with Crippen molar-refractivity contribution in [1.29, 1.82) is 0 Å². The van der Waals surface area contributed by atoms with E-state index in [4.69, 9.17) is 9.51 Å². The maximum Gasteiger partial charge on any atom is 0.138 e. The van der Waals surface area contributed by atoms with Gasteiger partial charge in [0, 0.05) is 53.4 Å². The summed E-state index contributed by atoms with van der Waals surface area (Å²) in [5.74, 6) is 1.71. The Labute approximate surface area is 201 Å². The first-order valence-electron chi connectivity index (χ1n) is 11.6. The highest BCUT2D eigenvalue weighted by Crippen LogP contribution is 2.41. The lowest BCUT2D eigenvalue weighted by Crippen LogP contribution is -2.22. The molecule has 1 aliphatic rings. The number of carbonyl (C=O) groups excluding carboxylic acids is 1. The SMILES string of the molecule is Cc1cc(CC(C)CCCC(=O)Cc2sc3c(c2-c2nc4cnccc4s2)CCNC3)on1. The van der Waals surface area contributed by atoms with E-state index in [1.54, 1.807) is 22.7 Å². The van der Waals surface area contributed by atoms with Crippen molar-refractivity contribution < 1.29 is 9.32 Å². The van der Waals surface area contributed by atoms with E-state index < -0.39 is 0 Å². The summed E-state index contributed by atoms with van der Waals surface area (Å²) in [5.41, 5.74) is 4.44. The maximum atomic E-state index is 13.0. The molecule has 1 N–H and O–H groups in total. The number of Topliss-reactive ketones (excluding diaryl/α,β-unsaturated/α-hetero) is 1. The van der Waals surface area contributed by atoms with Crippen molar-refractivity contribution in [2.24, 2.45) is 5.92 Å². The van der Waals surface area contributed by atoms with Gasteiger partial charge in [-0.05, 0) is 50.3 Å². The van der Waals surface area contributed by atoms with Gasteiger partial charge in [-0.15, -0.1) is 22.7 Å². The van der Waals surface area contributed by atoms with E-state index in [0.717, 1.165) is 65.5 Å². The third kappa shape index (κ3) is 5.08. The van der Waals surface area contributed by atoms with Crippen molar-refractivity contribution in [3.05, 3.63) is 51.3 Å². The van der Waals surface area contributed by atoms with E-state index in [-0.39, 0.29) is 0 Å². The molecule has 0 spiro atoms. The third-order valence-electron chi connectivity index (χ3n) is 6.14. The summed E-state index contributed by atoms with van der Waals surface area (Å²) in [7, 11) is 0. The fraction of sp³-hybridized carbons (Fsp3) is 0.440. The topological polar surface area (TPSA) is 80.9 Å². The van der Waals surface area contributed by atoms with Gasteiger partial charge in [-0.25, -0.2) is 4.98 Å². The number of nitrogens with one attached hydrogen (secondary N) is 1. The largest absolute Gasteiger partial charge is 0.361 e. The van der Waals surface area contributed by atoms with E-state index in [1.165, 1.54) is 20.9 Å². The summed E-state index contributed by atoms with van der Waals surface area (Å²) >= 11 is 3.49. The molecule has 0 saturated heterocycles. The number of rotatable bonds is 9. The number of thiazole rings is 1. The first-order chi connectivity index (χ1) is 16.1. The Hall–Kier alpha value is -2.42. The van der Waals surface area contributed by atoms with Crippen molar-refractivity contribution in [2.45, 2.75) is 58.9 Å². The van der Waals surface area contributed by atoms with Crippen LogP contribution in [-0.2, 0) is 30.6 Å². The second kappa shape index (κ2) is 9.83. The molecule has 1 unspecified atom stereocenters. The fourth-order valence-electron chi connectivity index (χ4n) is 4.52. The number of hydrogen-bond acceptors (Lipinski definition) is 8. The van der Waals surface area contributed by atoms with Crippen LogP contribution in [0.2, 0.25) is 0 Å². The molecule has 1 atom stereocenters. The number of nitrogens with zero attached hydrogens (tertiary/aromatic N) is 3. The Morgan fingerprint density at radius 3 is 3.06 bits per heavy atom. The number of thiophene rings is 1. The van der Waals surface area contributed by atoms with Crippen molar-refractivity contribution >= 4 is 38.7 Å². The van der Waals surface area contributed by atoms with Crippen LogP contribution in [0.4, 0.5) is 0 Å². The molecule has 0 saturated carbocycles. The van der Waals surface area contributed by atoms with Crippen molar-refractivity contribution in [3.8, 4) is 10.6 Å². The van der Waals surface area contributed by atoms with Crippen LogP contribution in [0.25, 0.3) is 20.8 Å². The molecule has 0 bridgehead atoms. The lowest BCUT2D eigenvalue weighted by atomic mass is 9.97. The first kappa shape index (κ1) is 22.4. The number of ketones is 1. The summed E-state index contributed by atoms with van der Waals surface area (Å²) < 4.78 is 6.47. The molecule has 8 heteroatoms. The van der Waals surface area contributed by atoms with Gasteiger partial charge in [0.1, 0.15) is 22.1 Å². The standard InChI is InChI=1S/C25H28N4O2S2/c1-15(10-18-11-16(2)29-31-18)4-3-5-17(30)12-22-24(19-6-8-27-14-23(19)32-22)25-28-20-13-26-9-7-21(20)33-25/h7,9,11,13,15,27H,3-6,8,10,12,14H2,1-2H3. The lowest BCUT2D eigenvalue weighted by Gasteiger charge is -2.13. The van der Waals surface area contributed by atoms with E-state index in [2.05, 4.69) is 22.4 Å². The predicted octanol–water partition coefficient (Wildman–Crippen LogP) is 5.52. The molecule has 5 rings (SSSR count). The van der Waals surface area contributed by atoms with Gasteiger partial charge >= 0.3 is 0 Å². The molecular formula is C25H28N4O2S2. The maximum absolute atomic E-state index is 13.0. The number of fused-ring (bicyclic) bond motifs is 2. The van der Waals surface area contributed by atoms with Crippen LogP contribution in [0.15, 0.2) is 29.0 Å². The van der Waals surface area contributed by atoms with E-state index in [9.17, 15) is 4.79 Å². The van der Waals surface area contributed by atoms with Crippen LogP contribution in [0.3, 0.4) is 0 Å². The highest BCUT2D eigenvalue weighted by atomic mass is 32.1. The second-order valence-corrected chi connectivity index (χ2v) is 11.2. The average Bonchev–Trinajstić information content (AvgIpc) is 3.49. The van der Waals surface area contributed by atoms with Gasteiger partial charge in [0.2, 0.25) is 0 Å². The van der Waals surface area contributed by atoms with Crippen LogP contribution in [-0.4, -0.2) is 27.5 Å². The van der Waals surface area contributed by atoms with E-state index in [0.29, 0.717) is 24.5 Å². The first-order valence-corrected chi connectivity index (χ1v) is 13.2. The molecular weight excluding hydrogens is 452 g/mol. The van der Waals surface area contributed by atoms with Crippen LogP contribution in [0, 0.1) is 12.8 Å². The van der Waals surface area contributed by atoms with Gasteiger partial charge in [0.25, 0.3) is 0 Å². The van der Waals surface area contributed by atoms with Crippen molar-refractivity contribution in [1.82, 2.24) is 20.4 Å². The Balaban J connectivity index is 1.27. The fourth-order valence-corrected chi connectivity index (χ4v) is 6.98. The molecule has 33 heavy (non-hydrogen) atoms. The lowest BCUT2D eigenvalue weighted by molar-refractivity contribution is -0.118. The molecule has 1 aliphatic heterocycles. The molecule has 0 aromatic carbocycles. The smallest absolute Gasteiger partial charge is 0.138 e. The number of aryl methyl sites for hydroxylation is 1. The highest BCUT2D eigenvalue weighted by molar-refractivity contribution is 7.22. The molecule has 0 fully saturated rings. The highest BCUT2D eigenvalue weighted by Gasteiger charge is 2.25. The molecule has 4 aromatic rings. The van der Waals surface area contributed by atoms with Crippen LogP contribution < -0.4 is 5.32 Å². The summed E-state index contributed by atoms with van der Waals surface area (Å²) in [6, 6.07) is 4.01. The van der Waals surface area contributed by atoms with Gasteiger partial charge in [0.15, 0.2) is 0 Å². The molecule has 5 heterocycles. The summed E-state index contributed by atoms with van der Waals surface area (Å²) in [4.78, 5) is 24.6. The third-order valence-corrected chi connectivity index (χ3v) is 8.43. The number of pyridine rings is 1. The molecule has 172 valence electrons. The van der Waals surface area contributed by atoms with E-state index in [1.807, 2.05) is 31.5 Å². The molecule has 4 aromatic heterocycles.